The molecule has 1 aromatic rings. The maximum atomic E-state index is 5.06. The number of thiocarbonyl (C=S) groups is 1. The van der Waals surface area contributed by atoms with Crippen LogP contribution in [-0.4, -0.2) is 17.9 Å². The monoisotopic (exact) mass is 261 g/mol. The number of hydrogen-bond donors (Lipinski definition) is 2. The molecule has 4 heteroatoms. The van der Waals surface area contributed by atoms with Crippen molar-refractivity contribution in [1.29, 1.82) is 0 Å². The van der Waals surface area contributed by atoms with E-state index >= 15 is 0 Å². The Morgan fingerprint density at radius 3 is 2.72 bits per heavy atom. The topological polar surface area (TPSA) is 36.4 Å². The smallest absolute Gasteiger partial charge is 0.187 e. The highest BCUT2D eigenvalue weighted by atomic mass is 32.1. The third-order valence-electron chi connectivity index (χ3n) is 2.34. The number of nitrogens with one attached hydrogen (secondary N) is 2. The molecule has 0 amide bonds. The summed E-state index contributed by atoms with van der Waals surface area (Å²) in [5.74, 6) is 0.252. The molecule has 0 aromatic heterocycles. The summed E-state index contributed by atoms with van der Waals surface area (Å²) in [7, 11) is 0. The Bertz CT molecular complexity index is 426. The van der Waals surface area contributed by atoms with Crippen LogP contribution in [0, 0.1) is 0 Å². The standard InChI is InChI=1S/C14H19N3S/c1-11(2)9-15-14(18)17-16-10-12(3)13-7-5-4-6-8-13/h4-8,10,12H,1,9H2,2-3H3,(H2,15,17,18)/b16-10-/t12-/m1/s1. The molecule has 3 nitrogen and oxygen atoms in total. The molecule has 1 atom stereocenters. The molecular formula is C14H19N3S. The van der Waals surface area contributed by atoms with E-state index in [1.807, 2.05) is 31.3 Å². The van der Waals surface area contributed by atoms with Crippen LogP contribution in [-0.2, 0) is 0 Å². The van der Waals surface area contributed by atoms with Crippen LogP contribution >= 0.6 is 12.2 Å². The van der Waals surface area contributed by atoms with Gasteiger partial charge in [0.25, 0.3) is 0 Å². The van der Waals surface area contributed by atoms with Gasteiger partial charge >= 0.3 is 0 Å². The Kier molecular flexibility index (Phi) is 6.08. The normalized spacial score (nSPS) is 12.1. The third kappa shape index (κ3) is 5.59. The van der Waals surface area contributed by atoms with Crippen LogP contribution in [0.25, 0.3) is 0 Å². The molecule has 2 N–H and O–H groups in total. The highest BCUT2D eigenvalue weighted by molar-refractivity contribution is 7.80. The maximum absolute atomic E-state index is 5.06. The highest BCUT2D eigenvalue weighted by Gasteiger charge is 2.00. The van der Waals surface area contributed by atoms with Crippen molar-refractivity contribution >= 4 is 23.5 Å². The molecule has 0 bridgehead atoms. The lowest BCUT2D eigenvalue weighted by atomic mass is 10.0. The Balaban J connectivity index is 2.36. The molecule has 0 aliphatic heterocycles. The van der Waals surface area contributed by atoms with Gasteiger partial charge in [0.1, 0.15) is 0 Å². The van der Waals surface area contributed by atoms with Gasteiger partial charge in [-0.25, -0.2) is 0 Å². The molecule has 0 radical (unpaired) electrons. The number of hydrogen-bond acceptors (Lipinski definition) is 2. The van der Waals surface area contributed by atoms with E-state index in [1.165, 1.54) is 5.56 Å². The second kappa shape index (κ2) is 7.61. The Morgan fingerprint density at radius 2 is 2.11 bits per heavy atom. The maximum Gasteiger partial charge on any atom is 0.187 e. The van der Waals surface area contributed by atoms with Gasteiger partial charge in [-0.05, 0) is 24.7 Å². The van der Waals surface area contributed by atoms with Crippen LogP contribution in [0.5, 0.6) is 0 Å². The predicted octanol–water partition coefficient (Wildman–Crippen LogP) is 2.82. The zero-order valence-electron chi connectivity index (χ0n) is 10.8. The van der Waals surface area contributed by atoms with Gasteiger partial charge in [-0.15, -0.1) is 0 Å². The van der Waals surface area contributed by atoms with Gasteiger partial charge < -0.3 is 5.32 Å². The Morgan fingerprint density at radius 1 is 1.44 bits per heavy atom. The second-order valence-electron chi connectivity index (χ2n) is 4.23. The van der Waals surface area contributed by atoms with Crippen molar-refractivity contribution in [1.82, 2.24) is 10.7 Å². The van der Waals surface area contributed by atoms with E-state index < -0.39 is 0 Å². The van der Waals surface area contributed by atoms with Crippen LogP contribution in [0.2, 0.25) is 0 Å². The summed E-state index contributed by atoms with van der Waals surface area (Å²) in [5.41, 5.74) is 5.04. The van der Waals surface area contributed by atoms with E-state index in [0.29, 0.717) is 11.7 Å². The third-order valence-corrected chi connectivity index (χ3v) is 2.58. The van der Waals surface area contributed by atoms with Crippen LogP contribution < -0.4 is 10.7 Å². The average molecular weight is 261 g/mol. The minimum Gasteiger partial charge on any atom is -0.358 e. The summed E-state index contributed by atoms with van der Waals surface area (Å²) < 4.78 is 0. The summed E-state index contributed by atoms with van der Waals surface area (Å²) in [6.45, 7) is 8.48. The molecule has 0 saturated heterocycles. The zero-order chi connectivity index (χ0) is 13.4. The van der Waals surface area contributed by atoms with Crippen molar-refractivity contribution in [3.8, 4) is 0 Å². The lowest BCUT2D eigenvalue weighted by molar-refractivity contribution is 0.906. The molecule has 0 aliphatic carbocycles. The molecular weight excluding hydrogens is 242 g/mol. The Hall–Kier alpha value is -1.68. The van der Waals surface area contributed by atoms with Crippen molar-refractivity contribution in [3.05, 3.63) is 48.0 Å². The first-order valence-electron chi connectivity index (χ1n) is 5.86. The van der Waals surface area contributed by atoms with Gasteiger partial charge in [-0.1, -0.05) is 49.4 Å². The summed E-state index contributed by atoms with van der Waals surface area (Å²) in [5, 5.41) is 7.63. The molecule has 0 saturated carbocycles. The number of nitrogens with zero attached hydrogens (tertiary/aromatic N) is 1. The van der Waals surface area contributed by atoms with Crippen molar-refractivity contribution < 1.29 is 0 Å². The zero-order valence-corrected chi connectivity index (χ0v) is 11.6. The van der Waals surface area contributed by atoms with Crippen LogP contribution in [0.4, 0.5) is 0 Å². The first-order chi connectivity index (χ1) is 8.59. The molecule has 1 aromatic carbocycles. The molecule has 96 valence electrons. The predicted molar refractivity (Wildman–Crippen MR) is 81.9 cm³/mol. The van der Waals surface area contributed by atoms with E-state index in [2.05, 4.69) is 41.5 Å². The summed E-state index contributed by atoms with van der Waals surface area (Å²) >= 11 is 5.06. The fraction of sp³-hybridized carbons (Fsp3) is 0.286. The quantitative estimate of drug-likeness (QED) is 0.370. The number of hydrazone groups is 1. The van der Waals surface area contributed by atoms with E-state index in [4.69, 9.17) is 12.2 Å². The molecule has 0 fully saturated rings. The van der Waals surface area contributed by atoms with Crippen LogP contribution in [0.3, 0.4) is 0 Å². The SMILES string of the molecule is C=C(C)CNC(=S)N/N=C\[C@@H](C)c1ccccc1. The van der Waals surface area contributed by atoms with Gasteiger partial charge in [0.15, 0.2) is 5.11 Å². The Labute approximate surface area is 114 Å². The minimum absolute atomic E-state index is 0.252. The van der Waals surface area contributed by atoms with Crippen molar-refractivity contribution in [3.63, 3.8) is 0 Å². The van der Waals surface area contributed by atoms with Gasteiger partial charge in [0, 0.05) is 18.7 Å². The van der Waals surface area contributed by atoms with Gasteiger partial charge in [0.2, 0.25) is 0 Å². The van der Waals surface area contributed by atoms with E-state index in [9.17, 15) is 0 Å². The molecule has 18 heavy (non-hydrogen) atoms. The second-order valence-corrected chi connectivity index (χ2v) is 4.64. The average Bonchev–Trinajstić information content (AvgIpc) is 2.37. The molecule has 0 unspecified atom stereocenters. The molecule has 0 heterocycles. The first-order valence-corrected chi connectivity index (χ1v) is 6.26. The van der Waals surface area contributed by atoms with E-state index in [0.717, 1.165) is 5.57 Å². The van der Waals surface area contributed by atoms with Crippen molar-refractivity contribution in [2.24, 2.45) is 5.10 Å². The van der Waals surface area contributed by atoms with Crippen molar-refractivity contribution in [2.45, 2.75) is 19.8 Å². The fourth-order valence-electron chi connectivity index (χ4n) is 1.32. The summed E-state index contributed by atoms with van der Waals surface area (Å²) in [6, 6.07) is 10.2. The molecule has 1 rings (SSSR count). The van der Waals surface area contributed by atoms with Crippen LogP contribution in [0.1, 0.15) is 25.3 Å². The largest absolute Gasteiger partial charge is 0.358 e. The summed E-state index contributed by atoms with van der Waals surface area (Å²) in [6.07, 6.45) is 1.84. The highest BCUT2D eigenvalue weighted by Crippen LogP contribution is 2.11. The van der Waals surface area contributed by atoms with E-state index in [1.54, 1.807) is 0 Å². The van der Waals surface area contributed by atoms with E-state index in [-0.39, 0.29) is 5.92 Å². The van der Waals surface area contributed by atoms with Gasteiger partial charge in [0.05, 0.1) is 0 Å². The lowest BCUT2D eigenvalue weighted by Crippen LogP contribution is -2.33. The lowest BCUT2D eigenvalue weighted by Gasteiger charge is -2.08. The van der Waals surface area contributed by atoms with Gasteiger partial charge in [-0.3, -0.25) is 5.43 Å². The van der Waals surface area contributed by atoms with Crippen LogP contribution in [0.15, 0.2) is 47.6 Å². The minimum atomic E-state index is 0.252. The summed E-state index contributed by atoms with van der Waals surface area (Å²) in [4.78, 5) is 0. The van der Waals surface area contributed by atoms with Crippen molar-refractivity contribution in [2.75, 3.05) is 6.54 Å². The first kappa shape index (κ1) is 14.4. The fourth-order valence-corrected chi connectivity index (χ4v) is 1.45. The number of benzene rings is 1. The van der Waals surface area contributed by atoms with Gasteiger partial charge in [-0.2, -0.15) is 5.10 Å². The molecule has 0 spiro atoms. The molecule has 0 aliphatic rings. The number of rotatable bonds is 5.